The van der Waals surface area contributed by atoms with Crippen LogP contribution in [0.3, 0.4) is 0 Å². The number of ether oxygens (including phenoxy) is 1. The van der Waals surface area contributed by atoms with Crippen molar-refractivity contribution in [3.8, 4) is 5.75 Å². The maximum Gasteiger partial charge on any atom is 0.237 e. The summed E-state index contributed by atoms with van der Waals surface area (Å²) in [5.74, 6) is 0.147. The summed E-state index contributed by atoms with van der Waals surface area (Å²) in [6, 6.07) is 2.90. The fourth-order valence-electron chi connectivity index (χ4n) is 3.09. The van der Waals surface area contributed by atoms with Crippen LogP contribution in [0.15, 0.2) is 12.1 Å². The van der Waals surface area contributed by atoms with E-state index >= 15 is 0 Å². The van der Waals surface area contributed by atoms with Crippen molar-refractivity contribution in [1.29, 1.82) is 0 Å². The van der Waals surface area contributed by atoms with Gasteiger partial charge in [0.05, 0.1) is 18.8 Å². The van der Waals surface area contributed by atoms with Crippen LogP contribution in [0.5, 0.6) is 5.75 Å². The number of hydrogen-bond acceptors (Lipinski definition) is 4. The molecule has 2 N–H and O–H groups in total. The average molecular weight is 345 g/mol. The Bertz CT molecular complexity index is 559. The first-order valence-electron chi connectivity index (χ1n) is 7.35. The van der Waals surface area contributed by atoms with Crippen molar-refractivity contribution in [1.82, 2.24) is 10.2 Å². The zero-order valence-corrected chi connectivity index (χ0v) is 13.5. The van der Waals surface area contributed by atoms with Crippen molar-refractivity contribution in [3.05, 3.63) is 27.7 Å². The molecule has 120 valence electrons. The van der Waals surface area contributed by atoms with E-state index in [0.717, 1.165) is 25.1 Å². The Morgan fingerprint density at radius 3 is 2.73 bits per heavy atom. The van der Waals surface area contributed by atoms with Crippen LogP contribution in [0.2, 0.25) is 10.0 Å². The zero-order valence-electron chi connectivity index (χ0n) is 12.0. The lowest BCUT2D eigenvalue weighted by Crippen LogP contribution is -2.50. The molecular weight excluding hydrogens is 327 g/mol. The molecule has 1 amide bonds. The van der Waals surface area contributed by atoms with E-state index in [1.54, 1.807) is 0 Å². The van der Waals surface area contributed by atoms with Gasteiger partial charge in [-0.2, -0.15) is 0 Å². The maximum atomic E-state index is 11.8. The number of benzene rings is 1. The van der Waals surface area contributed by atoms with Crippen LogP contribution in [-0.4, -0.2) is 54.3 Å². The third-order valence-electron chi connectivity index (χ3n) is 4.19. The van der Waals surface area contributed by atoms with Gasteiger partial charge in [0.1, 0.15) is 5.75 Å². The number of amides is 1. The molecule has 0 radical (unpaired) electrons. The molecule has 7 heteroatoms. The van der Waals surface area contributed by atoms with E-state index in [1.165, 1.54) is 12.1 Å². The molecular formula is C15H18Cl2N2O3. The van der Waals surface area contributed by atoms with E-state index in [-0.39, 0.29) is 23.8 Å². The Kier molecular flexibility index (Phi) is 4.78. The Morgan fingerprint density at radius 2 is 2.09 bits per heavy atom. The minimum absolute atomic E-state index is 0.0487. The van der Waals surface area contributed by atoms with Gasteiger partial charge in [0.15, 0.2) is 0 Å². The number of rotatable bonds is 3. The molecule has 0 spiro atoms. The highest BCUT2D eigenvalue weighted by molar-refractivity contribution is 6.36. The van der Waals surface area contributed by atoms with Crippen molar-refractivity contribution in [2.45, 2.75) is 25.0 Å². The molecule has 2 saturated heterocycles. The molecule has 2 fully saturated rings. The second-order valence-corrected chi connectivity index (χ2v) is 6.49. The van der Waals surface area contributed by atoms with Gasteiger partial charge in [-0.1, -0.05) is 23.2 Å². The van der Waals surface area contributed by atoms with Crippen molar-refractivity contribution in [2.24, 2.45) is 0 Å². The van der Waals surface area contributed by atoms with Gasteiger partial charge in [0, 0.05) is 36.1 Å². The van der Waals surface area contributed by atoms with E-state index in [2.05, 4.69) is 10.2 Å². The number of carbonyl (C=O) groups is 1. The molecule has 1 unspecified atom stereocenters. The molecule has 0 aromatic heterocycles. The van der Waals surface area contributed by atoms with Gasteiger partial charge in [-0.15, -0.1) is 0 Å². The van der Waals surface area contributed by atoms with Gasteiger partial charge in [-0.3, -0.25) is 9.69 Å². The molecule has 0 bridgehead atoms. The number of hydrogen-bond donors (Lipinski definition) is 2. The minimum atomic E-state index is -0.0679. The van der Waals surface area contributed by atoms with Gasteiger partial charge in [0.2, 0.25) is 5.91 Å². The first kappa shape index (κ1) is 15.9. The van der Waals surface area contributed by atoms with E-state index in [1.807, 2.05) is 0 Å². The quantitative estimate of drug-likeness (QED) is 0.878. The average Bonchev–Trinajstić information content (AvgIpc) is 2.89. The monoisotopic (exact) mass is 344 g/mol. The number of nitrogens with one attached hydrogen (secondary N) is 1. The van der Waals surface area contributed by atoms with Crippen LogP contribution in [-0.2, 0) is 16.0 Å². The third-order valence-corrected chi connectivity index (χ3v) is 4.86. The summed E-state index contributed by atoms with van der Waals surface area (Å²) < 4.78 is 5.79. The highest BCUT2D eigenvalue weighted by Gasteiger charge is 2.34. The Balaban J connectivity index is 1.69. The molecule has 2 aliphatic heterocycles. The van der Waals surface area contributed by atoms with Gasteiger partial charge in [-0.05, 0) is 24.1 Å². The lowest BCUT2D eigenvalue weighted by molar-refractivity contribution is -0.126. The minimum Gasteiger partial charge on any atom is -0.508 e. The fourth-order valence-corrected chi connectivity index (χ4v) is 3.72. The molecule has 1 aromatic rings. The zero-order chi connectivity index (χ0) is 15.7. The predicted octanol–water partition coefficient (Wildman–Crippen LogP) is 1.83. The summed E-state index contributed by atoms with van der Waals surface area (Å²) in [7, 11) is 0. The van der Waals surface area contributed by atoms with Gasteiger partial charge in [-0.25, -0.2) is 0 Å². The van der Waals surface area contributed by atoms with Crippen LogP contribution in [0.25, 0.3) is 0 Å². The number of phenols is 1. The van der Waals surface area contributed by atoms with Crippen molar-refractivity contribution in [3.63, 3.8) is 0 Å². The molecule has 3 rings (SSSR count). The normalized spacial score (nSPS) is 26.2. The predicted molar refractivity (Wildman–Crippen MR) is 84.6 cm³/mol. The van der Waals surface area contributed by atoms with Crippen LogP contribution in [0.4, 0.5) is 0 Å². The van der Waals surface area contributed by atoms with Gasteiger partial charge in [0.25, 0.3) is 0 Å². The first-order chi connectivity index (χ1) is 10.5. The summed E-state index contributed by atoms with van der Waals surface area (Å²) in [5, 5.41) is 13.2. The van der Waals surface area contributed by atoms with Crippen LogP contribution in [0.1, 0.15) is 12.0 Å². The molecule has 2 heterocycles. The van der Waals surface area contributed by atoms with Crippen molar-refractivity contribution >= 4 is 29.1 Å². The van der Waals surface area contributed by atoms with E-state index < -0.39 is 0 Å². The molecule has 1 aromatic carbocycles. The number of nitrogens with zero attached hydrogens (tertiary/aromatic N) is 1. The number of carbonyl (C=O) groups excluding carboxylic acids is 1. The number of morpholine rings is 1. The number of phenolic OH excluding ortho intramolecular Hbond substituents is 1. The highest BCUT2D eigenvalue weighted by Crippen LogP contribution is 2.31. The molecule has 2 aliphatic rings. The summed E-state index contributed by atoms with van der Waals surface area (Å²) in [4.78, 5) is 14.0. The molecule has 22 heavy (non-hydrogen) atoms. The molecule has 0 saturated carbocycles. The van der Waals surface area contributed by atoms with Crippen molar-refractivity contribution in [2.75, 3.05) is 26.2 Å². The summed E-state index contributed by atoms with van der Waals surface area (Å²) in [6.45, 7) is 2.75. The highest BCUT2D eigenvalue weighted by atomic mass is 35.5. The smallest absolute Gasteiger partial charge is 0.237 e. The van der Waals surface area contributed by atoms with E-state index in [0.29, 0.717) is 29.6 Å². The van der Waals surface area contributed by atoms with Gasteiger partial charge < -0.3 is 15.2 Å². The Morgan fingerprint density at radius 1 is 1.36 bits per heavy atom. The Labute approximate surface area is 139 Å². The number of halogens is 2. The van der Waals surface area contributed by atoms with E-state index in [9.17, 15) is 9.90 Å². The topological polar surface area (TPSA) is 61.8 Å². The van der Waals surface area contributed by atoms with Crippen LogP contribution in [0, 0.1) is 0 Å². The third kappa shape index (κ3) is 3.33. The van der Waals surface area contributed by atoms with Crippen molar-refractivity contribution < 1.29 is 14.6 Å². The molecule has 2 atom stereocenters. The molecule has 5 nitrogen and oxygen atoms in total. The Hall–Kier alpha value is -1.01. The van der Waals surface area contributed by atoms with Crippen LogP contribution < -0.4 is 5.32 Å². The second-order valence-electron chi connectivity index (χ2n) is 5.68. The second kappa shape index (κ2) is 6.62. The summed E-state index contributed by atoms with van der Waals surface area (Å²) in [5.41, 5.74) is 0.767. The van der Waals surface area contributed by atoms with Gasteiger partial charge >= 0.3 is 0 Å². The maximum absolute atomic E-state index is 11.8. The number of aromatic hydroxyl groups is 1. The first-order valence-corrected chi connectivity index (χ1v) is 8.10. The fraction of sp³-hybridized carbons (Fsp3) is 0.533. The lowest BCUT2D eigenvalue weighted by Gasteiger charge is -2.35. The standard InChI is InChI=1S/C15H18Cl2N2O3/c16-12-5-9(20)6-13(17)11(12)7-10-8-19(3-4-22-10)14-1-2-18-15(14)21/h5-6,10,14,20H,1-4,7-8H2,(H,18,21)/t10?,14-/m1/s1. The largest absolute Gasteiger partial charge is 0.508 e. The lowest BCUT2D eigenvalue weighted by atomic mass is 10.0. The van der Waals surface area contributed by atoms with E-state index in [4.69, 9.17) is 27.9 Å². The van der Waals surface area contributed by atoms with Crippen LogP contribution >= 0.6 is 23.2 Å². The SMILES string of the molecule is O=C1NCC[C@H]1N1CCOC(Cc2c(Cl)cc(O)cc2Cl)C1. The molecule has 0 aliphatic carbocycles. The summed E-state index contributed by atoms with van der Waals surface area (Å²) >= 11 is 12.3. The summed E-state index contributed by atoms with van der Waals surface area (Å²) in [6.07, 6.45) is 1.33.